The van der Waals surface area contributed by atoms with Crippen LogP contribution in [0.3, 0.4) is 0 Å². The summed E-state index contributed by atoms with van der Waals surface area (Å²) in [5.41, 5.74) is 5.58. The highest BCUT2D eigenvalue weighted by Gasteiger charge is 2.16. The molecule has 19 heavy (non-hydrogen) atoms. The van der Waals surface area contributed by atoms with Crippen molar-refractivity contribution in [2.75, 3.05) is 25.6 Å². The molecule has 1 aromatic rings. The van der Waals surface area contributed by atoms with Gasteiger partial charge >= 0.3 is 0 Å². The molecule has 7 nitrogen and oxygen atoms in total. The molecule has 1 atom stereocenters. The Bertz CT molecular complexity index is 476. The minimum absolute atomic E-state index is 0.0883. The number of nitro benzene ring substituents is 1. The number of anilines is 1. The molecule has 0 aliphatic heterocycles. The van der Waals surface area contributed by atoms with Crippen molar-refractivity contribution in [3.05, 3.63) is 33.9 Å². The summed E-state index contributed by atoms with van der Waals surface area (Å²) in [5.74, 6) is -0.440. The smallest absolute Gasteiger partial charge is 0.292 e. The molecule has 0 saturated carbocycles. The van der Waals surface area contributed by atoms with E-state index in [0.29, 0.717) is 13.2 Å². The topological polar surface area (TPSA) is 107 Å². The van der Waals surface area contributed by atoms with Gasteiger partial charge in [0.25, 0.3) is 5.69 Å². The first kappa shape index (κ1) is 14.9. The fraction of sp³-hybridized carbons (Fsp3) is 0.417. The van der Waals surface area contributed by atoms with Crippen molar-refractivity contribution in [3.8, 4) is 0 Å². The number of benzene rings is 1. The summed E-state index contributed by atoms with van der Waals surface area (Å²) < 4.78 is 4.98. The first-order valence-corrected chi connectivity index (χ1v) is 5.76. The van der Waals surface area contributed by atoms with E-state index in [9.17, 15) is 14.9 Å². The number of carbonyl (C=O) groups excluding carboxylic acids is 1. The van der Waals surface area contributed by atoms with Gasteiger partial charge in [-0.15, -0.1) is 0 Å². The van der Waals surface area contributed by atoms with Gasteiger partial charge in [-0.1, -0.05) is 6.92 Å². The SMILES string of the molecule is COCC(C)CNc1cc(C(N)=O)ccc1[N+](=O)[O-]. The molecule has 0 radical (unpaired) electrons. The van der Waals surface area contributed by atoms with Gasteiger partial charge < -0.3 is 15.8 Å². The molecule has 0 fully saturated rings. The van der Waals surface area contributed by atoms with Crippen LogP contribution in [-0.2, 0) is 4.74 Å². The minimum atomic E-state index is -0.622. The molecule has 1 rings (SSSR count). The standard InChI is InChI=1S/C12H17N3O4/c1-8(7-19-2)6-14-10-5-9(12(13)16)3-4-11(10)15(17)18/h3-5,8,14H,6-7H2,1-2H3,(H2,13,16). The van der Waals surface area contributed by atoms with Gasteiger partial charge in [-0.05, 0) is 18.1 Å². The molecule has 0 aliphatic carbocycles. The maximum Gasteiger partial charge on any atom is 0.292 e. The maximum atomic E-state index is 11.1. The maximum absolute atomic E-state index is 11.1. The van der Waals surface area contributed by atoms with Crippen molar-refractivity contribution >= 4 is 17.3 Å². The molecule has 1 amide bonds. The van der Waals surface area contributed by atoms with Crippen LogP contribution in [0.1, 0.15) is 17.3 Å². The Hall–Kier alpha value is -2.15. The third-order valence-corrected chi connectivity index (χ3v) is 2.57. The molecule has 0 bridgehead atoms. The number of amides is 1. The summed E-state index contributed by atoms with van der Waals surface area (Å²) in [5, 5.41) is 13.8. The average molecular weight is 267 g/mol. The van der Waals surface area contributed by atoms with E-state index in [1.165, 1.54) is 18.2 Å². The van der Waals surface area contributed by atoms with Crippen molar-refractivity contribution in [1.29, 1.82) is 0 Å². The van der Waals surface area contributed by atoms with Crippen molar-refractivity contribution in [2.45, 2.75) is 6.92 Å². The number of nitrogens with two attached hydrogens (primary N) is 1. The summed E-state index contributed by atoms with van der Waals surface area (Å²) in [7, 11) is 1.59. The number of carbonyl (C=O) groups is 1. The van der Waals surface area contributed by atoms with E-state index in [1.54, 1.807) is 7.11 Å². The van der Waals surface area contributed by atoms with E-state index < -0.39 is 10.8 Å². The number of primary amides is 1. The molecular weight excluding hydrogens is 250 g/mol. The lowest BCUT2D eigenvalue weighted by molar-refractivity contribution is -0.384. The van der Waals surface area contributed by atoms with Crippen LogP contribution >= 0.6 is 0 Å². The number of hydrogen-bond donors (Lipinski definition) is 2. The second kappa shape index (κ2) is 6.69. The third kappa shape index (κ3) is 4.22. The molecule has 0 spiro atoms. The first-order chi connectivity index (χ1) is 8.95. The lowest BCUT2D eigenvalue weighted by Gasteiger charge is -2.13. The number of nitrogens with zero attached hydrogens (tertiary/aromatic N) is 1. The zero-order valence-electron chi connectivity index (χ0n) is 10.9. The number of ether oxygens (including phenoxy) is 1. The van der Waals surface area contributed by atoms with Crippen molar-refractivity contribution in [2.24, 2.45) is 11.7 Å². The molecular formula is C12H17N3O4. The summed E-state index contributed by atoms with van der Waals surface area (Å²) in [6, 6.07) is 3.99. The fourth-order valence-electron chi connectivity index (χ4n) is 1.62. The highest BCUT2D eigenvalue weighted by atomic mass is 16.6. The number of hydrogen-bond acceptors (Lipinski definition) is 5. The lowest BCUT2D eigenvalue weighted by atomic mass is 10.1. The van der Waals surface area contributed by atoms with E-state index in [0.717, 1.165) is 0 Å². The molecule has 1 aromatic carbocycles. The van der Waals surface area contributed by atoms with E-state index >= 15 is 0 Å². The van der Waals surface area contributed by atoms with Gasteiger partial charge in [-0.2, -0.15) is 0 Å². The van der Waals surface area contributed by atoms with Crippen LogP contribution in [-0.4, -0.2) is 31.1 Å². The van der Waals surface area contributed by atoms with Crippen LogP contribution in [0.2, 0.25) is 0 Å². The van der Waals surface area contributed by atoms with E-state index in [1.807, 2.05) is 6.92 Å². The molecule has 0 aromatic heterocycles. The number of methoxy groups -OCH3 is 1. The van der Waals surface area contributed by atoms with Gasteiger partial charge in [-0.25, -0.2) is 0 Å². The summed E-state index contributed by atoms with van der Waals surface area (Å²) in [6.45, 7) is 2.98. The average Bonchev–Trinajstić information content (AvgIpc) is 2.36. The van der Waals surface area contributed by atoms with Crippen molar-refractivity contribution < 1.29 is 14.5 Å². The molecule has 7 heteroatoms. The Labute approximate surface area is 110 Å². The summed E-state index contributed by atoms with van der Waals surface area (Å²) in [4.78, 5) is 21.5. The van der Waals surface area contributed by atoms with E-state index in [4.69, 9.17) is 10.5 Å². The van der Waals surface area contributed by atoms with Gasteiger partial charge in [0, 0.05) is 25.3 Å². The van der Waals surface area contributed by atoms with Crippen molar-refractivity contribution in [1.82, 2.24) is 0 Å². The summed E-state index contributed by atoms with van der Waals surface area (Å²) in [6.07, 6.45) is 0. The zero-order valence-corrected chi connectivity index (χ0v) is 10.9. The monoisotopic (exact) mass is 267 g/mol. The van der Waals surface area contributed by atoms with E-state index in [-0.39, 0.29) is 22.9 Å². The number of rotatable bonds is 7. The van der Waals surface area contributed by atoms with Gasteiger partial charge in [0.05, 0.1) is 11.5 Å². The van der Waals surface area contributed by atoms with Crippen LogP contribution in [0.15, 0.2) is 18.2 Å². The second-order valence-corrected chi connectivity index (χ2v) is 4.29. The minimum Gasteiger partial charge on any atom is -0.384 e. The molecule has 0 aliphatic rings. The first-order valence-electron chi connectivity index (χ1n) is 5.76. The Balaban J connectivity index is 2.91. The molecule has 0 heterocycles. The number of nitrogens with one attached hydrogen (secondary N) is 1. The van der Waals surface area contributed by atoms with Crippen LogP contribution in [0.4, 0.5) is 11.4 Å². The Morgan fingerprint density at radius 1 is 1.58 bits per heavy atom. The van der Waals surface area contributed by atoms with Crippen LogP contribution < -0.4 is 11.1 Å². The van der Waals surface area contributed by atoms with Crippen LogP contribution in [0.25, 0.3) is 0 Å². The Morgan fingerprint density at radius 2 is 2.26 bits per heavy atom. The normalized spacial score (nSPS) is 11.9. The van der Waals surface area contributed by atoms with Gasteiger partial charge in [-0.3, -0.25) is 14.9 Å². The highest BCUT2D eigenvalue weighted by molar-refractivity contribution is 5.94. The quantitative estimate of drug-likeness (QED) is 0.573. The van der Waals surface area contributed by atoms with Crippen LogP contribution in [0, 0.1) is 16.0 Å². The molecule has 3 N–H and O–H groups in total. The zero-order chi connectivity index (χ0) is 14.4. The highest BCUT2D eigenvalue weighted by Crippen LogP contribution is 2.25. The Morgan fingerprint density at radius 3 is 2.79 bits per heavy atom. The fourth-order valence-corrected chi connectivity index (χ4v) is 1.62. The predicted octanol–water partition coefficient (Wildman–Crippen LogP) is 1.39. The van der Waals surface area contributed by atoms with Crippen LogP contribution in [0.5, 0.6) is 0 Å². The van der Waals surface area contributed by atoms with Gasteiger partial charge in [0.2, 0.25) is 5.91 Å². The largest absolute Gasteiger partial charge is 0.384 e. The Kier molecular flexibility index (Phi) is 5.25. The van der Waals surface area contributed by atoms with E-state index in [2.05, 4.69) is 5.32 Å². The second-order valence-electron chi connectivity index (χ2n) is 4.29. The van der Waals surface area contributed by atoms with Gasteiger partial charge in [0.15, 0.2) is 0 Å². The number of nitro groups is 1. The van der Waals surface area contributed by atoms with Crippen molar-refractivity contribution in [3.63, 3.8) is 0 Å². The predicted molar refractivity (Wildman–Crippen MR) is 71.1 cm³/mol. The molecule has 1 unspecified atom stereocenters. The van der Waals surface area contributed by atoms with Gasteiger partial charge in [0.1, 0.15) is 5.69 Å². The molecule has 0 saturated heterocycles. The third-order valence-electron chi connectivity index (χ3n) is 2.57. The summed E-state index contributed by atoms with van der Waals surface area (Å²) >= 11 is 0. The lowest BCUT2D eigenvalue weighted by Crippen LogP contribution is -2.17. The molecule has 104 valence electrons.